The highest BCUT2D eigenvalue weighted by atomic mass is 16.6. The molecule has 0 bridgehead atoms. The van der Waals surface area contributed by atoms with Crippen molar-refractivity contribution in [2.45, 2.75) is 19.8 Å². The maximum atomic E-state index is 12.4. The Labute approximate surface area is 159 Å². The minimum absolute atomic E-state index is 0.157. The van der Waals surface area contributed by atoms with Crippen molar-refractivity contribution in [2.75, 3.05) is 26.9 Å². The van der Waals surface area contributed by atoms with Crippen LogP contribution in [0.15, 0.2) is 48.5 Å². The molecule has 2 aromatic rings. The van der Waals surface area contributed by atoms with Crippen molar-refractivity contribution < 1.29 is 28.5 Å². The van der Waals surface area contributed by atoms with Gasteiger partial charge in [-0.1, -0.05) is 25.5 Å². The minimum atomic E-state index is -0.527. The zero-order valence-corrected chi connectivity index (χ0v) is 15.6. The predicted octanol–water partition coefficient (Wildman–Crippen LogP) is 3.89. The molecule has 0 N–H and O–H groups in total. The first-order valence-electron chi connectivity index (χ1n) is 8.85. The Morgan fingerprint density at radius 2 is 1.52 bits per heavy atom. The molecule has 2 rings (SSSR count). The van der Waals surface area contributed by atoms with E-state index >= 15 is 0 Å². The van der Waals surface area contributed by atoms with Crippen molar-refractivity contribution in [2.24, 2.45) is 0 Å². The topological polar surface area (TPSA) is 71.1 Å². The van der Waals surface area contributed by atoms with Gasteiger partial charge in [0.1, 0.15) is 18.1 Å². The summed E-state index contributed by atoms with van der Waals surface area (Å²) >= 11 is 0. The van der Waals surface area contributed by atoms with Gasteiger partial charge < -0.3 is 18.9 Å². The highest BCUT2D eigenvalue weighted by Gasteiger charge is 2.13. The van der Waals surface area contributed by atoms with E-state index < -0.39 is 11.9 Å². The van der Waals surface area contributed by atoms with Crippen molar-refractivity contribution in [1.82, 2.24) is 0 Å². The Morgan fingerprint density at radius 1 is 0.852 bits per heavy atom. The van der Waals surface area contributed by atoms with Crippen LogP contribution in [0.3, 0.4) is 0 Å². The molecule has 0 saturated heterocycles. The molecule has 6 heteroatoms. The van der Waals surface area contributed by atoms with Gasteiger partial charge in [-0.05, 0) is 42.8 Å². The third-order valence-corrected chi connectivity index (χ3v) is 3.64. The summed E-state index contributed by atoms with van der Waals surface area (Å²) in [5.41, 5.74) is 0.671. The number of ether oxygens (including phenoxy) is 4. The third kappa shape index (κ3) is 6.75. The van der Waals surface area contributed by atoms with E-state index in [1.165, 1.54) is 13.2 Å². The number of esters is 2. The monoisotopic (exact) mass is 372 g/mol. The van der Waals surface area contributed by atoms with E-state index in [0.717, 1.165) is 12.8 Å². The average Bonchev–Trinajstić information content (AvgIpc) is 2.69. The summed E-state index contributed by atoms with van der Waals surface area (Å²) in [7, 11) is 1.53. The van der Waals surface area contributed by atoms with Gasteiger partial charge >= 0.3 is 11.9 Å². The Morgan fingerprint density at radius 3 is 2.22 bits per heavy atom. The van der Waals surface area contributed by atoms with Crippen molar-refractivity contribution in [1.29, 1.82) is 0 Å². The van der Waals surface area contributed by atoms with Crippen molar-refractivity contribution in [3.8, 4) is 11.5 Å². The third-order valence-electron chi connectivity index (χ3n) is 3.64. The number of hydrogen-bond acceptors (Lipinski definition) is 6. The second kappa shape index (κ2) is 11.0. The van der Waals surface area contributed by atoms with Crippen LogP contribution in [-0.4, -0.2) is 38.9 Å². The van der Waals surface area contributed by atoms with Crippen LogP contribution >= 0.6 is 0 Å². The maximum absolute atomic E-state index is 12.4. The summed E-state index contributed by atoms with van der Waals surface area (Å²) in [5.74, 6) is -0.149. The summed E-state index contributed by atoms with van der Waals surface area (Å²) in [6.45, 7) is 3.15. The highest BCUT2D eigenvalue weighted by molar-refractivity contribution is 5.93. The number of unbranched alkanes of at least 4 members (excludes halogenated alkanes) is 1. The molecule has 0 amide bonds. The molecule has 144 valence electrons. The number of benzene rings is 2. The van der Waals surface area contributed by atoms with Gasteiger partial charge in [-0.15, -0.1) is 0 Å². The van der Waals surface area contributed by atoms with E-state index in [0.29, 0.717) is 30.1 Å². The lowest BCUT2D eigenvalue weighted by Gasteiger charge is -2.09. The quantitative estimate of drug-likeness (QED) is 0.358. The van der Waals surface area contributed by atoms with Crippen LogP contribution in [-0.2, 0) is 9.47 Å². The summed E-state index contributed by atoms with van der Waals surface area (Å²) in [5, 5.41) is 0. The van der Waals surface area contributed by atoms with Gasteiger partial charge in [-0.25, -0.2) is 9.59 Å². The largest absolute Gasteiger partial charge is 0.494 e. The van der Waals surface area contributed by atoms with Crippen molar-refractivity contribution in [3.05, 3.63) is 59.7 Å². The minimum Gasteiger partial charge on any atom is -0.494 e. The molecule has 0 saturated carbocycles. The fourth-order valence-electron chi connectivity index (χ4n) is 2.20. The molecule has 0 aliphatic heterocycles. The van der Waals surface area contributed by atoms with Crippen LogP contribution in [0, 0.1) is 0 Å². The molecular formula is C21H24O6. The lowest BCUT2D eigenvalue weighted by atomic mass is 10.2. The van der Waals surface area contributed by atoms with Gasteiger partial charge in [-0.2, -0.15) is 0 Å². The molecule has 0 aliphatic rings. The predicted molar refractivity (Wildman–Crippen MR) is 100 cm³/mol. The van der Waals surface area contributed by atoms with Crippen molar-refractivity contribution >= 4 is 11.9 Å². The summed E-state index contributed by atoms with van der Waals surface area (Å²) in [6.07, 6.45) is 1.98. The van der Waals surface area contributed by atoms with Crippen LogP contribution in [0.4, 0.5) is 0 Å². The Bertz CT molecular complexity index is 756. The van der Waals surface area contributed by atoms with E-state index in [2.05, 4.69) is 6.92 Å². The maximum Gasteiger partial charge on any atom is 0.343 e. The van der Waals surface area contributed by atoms with Gasteiger partial charge in [0.2, 0.25) is 0 Å². The molecule has 0 fully saturated rings. The molecular weight excluding hydrogens is 348 g/mol. The Kier molecular flexibility index (Phi) is 8.32. The first-order valence-corrected chi connectivity index (χ1v) is 8.85. The van der Waals surface area contributed by atoms with Crippen LogP contribution in [0.5, 0.6) is 11.5 Å². The lowest BCUT2D eigenvalue weighted by Crippen LogP contribution is -2.11. The van der Waals surface area contributed by atoms with E-state index in [9.17, 15) is 9.59 Å². The SMILES string of the molecule is CCCCOc1cccc(C(=O)Oc2cccc(C(=O)OCCOC)c2)c1. The number of rotatable bonds is 10. The van der Waals surface area contributed by atoms with E-state index in [-0.39, 0.29) is 12.4 Å². The van der Waals surface area contributed by atoms with E-state index in [1.54, 1.807) is 42.5 Å². The smallest absolute Gasteiger partial charge is 0.343 e. The lowest BCUT2D eigenvalue weighted by molar-refractivity contribution is 0.0387. The fraction of sp³-hybridized carbons (Fsp3) is 0.333. The number of methoxy groups -OCH3 is 1. The molecule has 0 radical (unpaired) electrons. The first-order chi connectivity index (χ1) is 13.1. The number of hydrogen-bond donors (Lipinski definition) is 0. The highest BCUT2D eigenvalue weighted by Crippen LogP contribution is 2.19. The second-order valence-corrected chi connectivity index (χ2v) is 5.78. The molecule has 27 heavy (non-hydrogen) atoms. The Hall–Kier alpha value is -2.86. The van der Waals surface area contributed by atoms with Gasteiger partial charge in [0.05, 0.1) is 24.3 Å². The molecule has 0 atom stereocenters. The number of carbonyl (C=O) groups is 2. The van der Waals surface area contributed by atoms with Gasteiger partial charge in [0.15, 0.2) is 0 Å². The summed E-state index contributed by atoms with van der Waals surface area (Å²) < 4.78 is 20.9. The molecule has 6 nitrogen and oxygen atoms in total. The molecule has 0 aromatic heterocycles. The van der Waals surface area contributed by atoms with Crippen LogP contribution in [0.1, 0.15) is 40.5 Å². The van der Waals surface area contributed by atoms with Crippen LogP contribution in [0.2, 0.25) is 0 Å². The zero-order valence-electron chi connectivity index (χ0n) is 15.6. The van der Waals surface area contributed by atoms with E-state index in [1.807, 2.05) is 0 Å². The van der Waals surface area contributed by atoms with Crippen molar-refractivity contribution in [3.63, 3.8) is 0 Å². The summed E-state index contributed by atoms with van der Waals surface area (Å²) in [6, 6.07) is 13.1. The second-order valence-electron chi connectivity index (χ2n) is 5.78. The normalized spacial score (nSPS) is 10.3. The van der Waals surface area contributed by atoms with Gasteiger partial charge in [-0.3, -0.25) is 0 Å². The summed E-state index contributed by atoms with van der Waals surface area (Å²) in [4.78, 5) is 24.3. The molecule has 0 aliphatic carbocycles. The molecule has 0 heterocycles. The molecule has 0 spiro atoms. The Balaban J connectivity index is 2.00. The van der Waals surface area contributed by atoms with Gasteiger partial charge in [0.25, 0.3) is 0 Å². The van der Waals surface area contributed by atoms with Crippen LogP contribution in [0.25, 0.3) is 0 Å². The molecule has 0 unspecified atom stereocenters. The standard InChI is InChI=1S/C21H24O6/c1-3-4-11-25-18-9-5-8-17(14-18)21(23)27-19-10-6-7-16(15-19)20(22)26-13-12-24-2/h5-10,14-15H,3-4,11-13H2,1-2H3. The van der Waals surface area contributed by atoms with Gasteiger partial charge in [0, 0.05) is 7.11 Å². The number of carbonyl (C=O) groups excluding carboxylic acids is 2. The average molecular weight is 372 g/mol. The fourth-order valence-corrected chi connectivity index (χ4v) is 2.20. The van der Waals surface area contributed by atoms with Crippen LogP contribution < -0.4 is 9.47 Å². The first kappa shape index (κ1) is 20.5. The van der Waals surface area contributed by atoms with E-state index in [4.69, 9.17) is 18.9 Å². The molecule has 2 aromatic carbocycles. The zero-order chi connectivity index (χ0) is 19.5.